The van der Waals surface area contributed by atoms with Crippen LogP contribution in [0.1, 0.15) is 94.3 Å². The van der Waals surface area contributed by atoms with Gasteiger partial charge in [0.1, 0.15) is 48.0 Å². The van der Waals surface area contributed by atoms with E-state index in [9.17, 15) is 54.0 Å². The van der Waals surface area contributed by atoms with Gasteiger partial charge in [0.15, 0.2) is 0 Å². The first-order valence-electron chi connectivity index (χ1n) is 37.8. The van der Waals surface area contributed by atoms with E-state index in [2.05, 4.69) is 33.1 Å². The third kappa shape index (κ3) is 23.9. The number of likely N-dealkylation sites (N-methyl/N-ethyl adjacent to an activating group) is 2. The molecule has 10 atom stereocenters. The number of nitrogens with one attached hydrogen (secondary N) is 4. The number of nitrogens with zero attached hydrogens (tertiary/aromatic N) is 4. The normalized spacial score (nSPS) is 18.8. The Bertz CT molecular complexity index is 4090. The smallest absolute Gasteiger partial charge is 0.415 e. The number of aryl methyl sites for hydroxylation is 1. The molecule has 30 nitrogen and oxygen atoms in total. The summed E-state index contributed by atoms with van der Waals surface area (Å²) in [4.78, 5) is 103. The molecule has 1 fully saturated rings. The maximum atomic E-state index is 14.9. The van der Waals surface area contributed by atoms with Crippen molar-refractivity contribution in [2.24, 2.45) is 17.4 Å². The predicted molar refractivity (Wildman–Crippen MR) is 425 cm³/mol. The summed E-state index contributed by atoms with van der Waals surface area (Å²) >= 11 is 14.3. The van der Waals surface area contributed by atoms with Crippen LogP contribution in [0.3, 0.4) is 0 Å². The highest BCUT2D eigenvalue weighted by Crippen LogP contribution is 2.49. The van der Waals surface area contributed by atoms with Crippen molar-refractivity contribution in [3.05, 3.63) is 124 Å². The van der Waals surface area contributed by atoms with Gasteiger partial charge in [-0.05, 0) is 97.3 Å². The summed E-state index contributed by atoms with van der Waals surface area (Å²) in [6, 6.07) is 26.0. The number of benzene rings is 5. The van der Waals surface area contributed by atoms with E-state index in [-0.39, 0.29) is 102 Å². The zero-order valence-corrected chi connectivity index (χ0v) is 66.2. The van der Waals surface area contributed by atoms with Gasteiger partial charge in [-0.25, -0.2) is 9.59 Å². The lowest BCUT2D eigenvalue weighted by atomic mass is 9.95. The molecule has 3 aliphatic rings. The predicted octanol–water partition coefficient (Wildman–Crippen LogP) is 6.04. The van der Waals surface area contributed by atoms with Crippen molar-refractivity contribution in [3.8, 4) is 11.5 Å². The molecule has 0 saturated carbocycles. The molecule has 12 N–H and O–H groups in total. The second-order valence-electron chi connectivity index (χ2n) is 28.1. The maximum absolute atomic E-state index is 14.9. The van der Waals surface area contributed by atoms with Crippen LogP contribution in [-0.2, 0) is 54.0 Å². The van der Waals surface area contributed by atoms with Gasteiger partial charge in [-0.15, -0.1) is 34.5 Å². The van der Waals surface area contributed by atoms with Crippen LogP contribution in [0.5, 0.6) is 11.5 Å². The van der Waals surface area contributed by atoms with Gasteiger partial charge < -0.3 is 115 Å². The number of amides is 8. The quantitative estimate of drug-likeness (QED) is 0.0154. The van der Waals surface area contributed by atoms with Crippen molar-refractivity contribution < 1.29 is 96.6 Å². The fraction of sp³-hybridized carbons (Fsp3) is 0.532. The zero-order chi connectivity index (χ0) is 80.4. The van der Waals surface area contributed by atoms with Gasteiger partial charge in [-0.1, -0.05) is 74.5 Å². The topological polar surface area (TPSA) is 397 Å². The van der Waals surface area contributed by atoms with Crippen molar-refractivity contribution in [1.29, 1.82) is 0 Å². The largest absolute Gasteiger partial charge is 0.461 e. The first kappa shape index (κ1) is 88.0. The van der Waals surface area contributed by atoms with Gasteiger partial charge in [0.2, 0.25) is 24.0 Å². The fourth-order valence-corrected chi connectivity index (χ4v) is 14.8. The van der Waals surface area contributed by atoms with Gasteiger partial charge in [0, 0.05) is 111 Å². The molecule has 112 heavy (non-hydrogen) atoms. The number of carbonyl (C=O) groups is 7. The Hall–Kier alpha value is -7.93. The summed E-state index contributed by atoms with van der Waals surface area (Å²) in [5.74, 6) is -2.42. The lowest BCUT2D eigenvalue weighted by Gasteiger charge is -2.39. The number of nitrogens with two attached hydrogens (primary N) is 2. The molecule has 9 rings (SSSR count). The molecule has 0 bridgehead atoms. The highest BCUT2D eigenvalue weighted by molar-refractivity contribution is 7.16. The zero-order valence-electron chi connectivity index (χ0n) is 63.9. The number of hydrogen-bond acceptors (Lipinski definition) is 23. The Kier molecular flexibility index (Phi) is 34.6. The number of carbonyl (C=O) groups excluding carboxylic acids is 7. The minimum atomic E-state index is -1.69. The molecular formula is C79H106Cl2N10O20S. The Labute approximate surface area is 665 Å². The van der Waals surface area contributed by atoms with E-state index in [1.165, 1.54) is 4.90 Å². The number of anilines is 3. The summed E-state index contributed by atoms with van der Waals surface area (Å²) in [6.07, 6.45) is -6.44. The average Bonchev–Trinajstić information content (AvgIpc) is 1.57. The van der Waals surface area contributed by atoms with E-state index in [0.717, 1.165) is 45.2 Å². The molecule has 1 unspecified atom stereocenters. The van der Waals surface area contributed by atoms with Crippen molar-refractivity contribution in [3.63, 3.8) is 0 Å². The number of aliphatic hydroxyl groups excluding tert-OH is 4. The number of fused-ring (bicyclic) bond motifs is 6. The third-order valence-electron chi connectivity index (χ3n) is 19.8. The molecule has 1 aromatic heterocycles. The minimum Gasteiger partial charge on any atom is -0.461 e. The molecule has 612 valence electrons. The summed E-state index contributed by atoms with van der Waals surface area (Å²) in [7, 11) is 3.63. The molecular weight excluding hydrogens is 1510 g/mol. The highest BCUT2D eigenvalue weighted by Gasteiger charge is 2.46. The molecule has 0 aliphatic carbocycles. The lowest BCUT2D eigenvalue weighted by molar-refractivity contribution is -0.277. The Morgan fingerprint density at radius 2 is 1.15 bits per heavy atom. The van der Waals surface area contributed by atoms with Gasteiger partial charge >= 0.3 is 12.1 Å². The van der Waals surface area contributed by atoms with Crippen LogP contribution in [0.2, 0.25) is 0 Å². The Morgan fingerprint density at radius 1 is 0.634 bits per heavy atom. The maximum Gasteiger partial charge on any atom is 0.415 e. The van der Waals surface area contributed by atoms with Crippen molar-refractivity contribution in [2.45, 2.75) is 114 Å². The SMILES string of the molecule is CC(C)[C@H](NC(=O)CCOCCOCCOCCOCCOCCOCCN)C(=O)N[C@@H](CCCNC(N)=O)C(=O)Nc1ccc(CCC(C)N(C)CCN(C)C(=O)Oc2cc3c(c4ccccc24)[C@H](CCl)CN3C(=O)c2ccc(C(=O)N3C[C@@H](CCl)c4c3cc(O[C@@H]3O[C@H](CO)[C@H](O)[C@H](O)[C@H]3O)c3ccccc43)s2)cc1. The van der Waals surface area contributed by atoms with Gasteiger partial charge in [-0.2, -0.15) is 0 Å². The molecule has 3 aliphatic heterocycles. The van der Waals surface area contributed by atoms with Crippen LogP contribution >= 0.6 is 34.5 Å². The number of urea groups is 1. The minimum absolute atomic E-state index is 0.0176. The fourth-order valence-electron chi connectivity index (χ4n) is 13.4. The second kappa shape index (κ2) is 44.1. The number of alkyl halides is 2. The molecule has 5 aromatic carbocycles. The number of aliphatic hydroxyl groups is 4. The average molecular weight is 1620 g/mol. The summed E-state index contributed by atoms with van der Waals surface area (Å²) in [6.45, 7) is 11.4. The molecule has 33 heteroatoms. The van der Waals surface area contributed by atoms with Crippen molar-refractivity contribution in [2.75, 3.05) is 166 Å². The standard InChI is InChI=1S/C79H106Cl2N10O20S/c1-48(2)69(87-66(93)24-29-103-31-33-105-35-37-107-39-40-108-38-36-106-34-32-104-30-25-82)74(98)86-58(15-10-26-84-78(83)101)73(97)85-53-20-18-50(19-21-53)17-16-49(3)88(4)27-28-89(5)79(102)111-62-42-60-68(57-14-9-7-12-55(57)62)52(44-81)46-91(60)76(100)65-23-22-64(112-65)75(99)90-45-51(43-80)67-56-13-8-6-11-54(56)61(41-59(67)90)109-77-72(96)71(95)70(94)63(47-92)110-77/h6-9,11-14,18-23,41-42,48-49,51-52,58,63,69-72,77,92,94-96H,10,15-17,24-40,43-47,82H2,1-5H3,(H,85,97)(H,86,98)(H,87,93)(H3,83,84,101)/t49?,51-,52-,58+,63-,69+,70+,71+,72-,77-/m1/s1. The number of ether oxygens (including phenoxy) is 9. The van der Waals surface area contributed by atoms with Crippen LogP contribution in [0.25, 0.3) is 21.5 Å². The Balaban J connectivity index is 0.737. The third-order valence-corrected chi connectivity index (χ3v) is 21.6. The van der Waals surface area contributed by atoms with E-state index < -0.39 is 91.1 Å². The highest BCUT2D eigenvalue weighted by atomic mass is 35.5. The molecule has 8 amide bonds. The van der Waals surface area contributed by atoms with Gasteiger partial charge in [0.05, 0.1) is 107 Å². The molecule has 1 saturated heterocycles. The molecule has 6 aromatic rings. The second-order valence-corrected chi connectivity index (χ2v) is 29.8. The number of hydrogen-bond donors (Lipinski definition) is 10. The van der Waals surface area contributed by atoms with Crippen LogP contribution < -0.4 is 52.0 Å². The Morgan fingerprint density at radius 3 is 1.67 bits per heavy atom. The summed E-state index contributed by atoms with van der Waals surface area (Å²) in [5.41, 5.74) is 14.8. The van der Waals surface area contributed by atoms with Gasteiger partial charge in [-0.3, -0.25) is 24.0 Å². The van der Waals surface area contributed by atoms with E-state index >= 15 is 0 Å². The molecule has 0 radical (unpaired) electrons. The van der Waals surface area contributed by atoms with Crippen LogP contribution in [0, 0.1) is 5.92 Å². The van der Waals surface area contributed by atoms with Crippen molar-refractivity contribution in [1.82, 2.24) is 25.8 Å². The molecule has 4 heterocycles. The van der Waals surface area contributed by atoms with E-state index in [4.69, 9.17) is 77.3 Å². The monoisotopic (exact) mass is 1620 g/mol. The van der Waals surface area contributed by atoms with Crippen LogP contribution in [0.4, 0.5) is 26.7 Å². The summed E-state index contributed by atoms with van der Waals surface area (Å²) < 4.78 is 50.9. The molecule has 0 spiro atoms. The lowest BCUT2D eigenvalue weighted by Crippen LogP contribution is -2.60. The van der Waals surface area contributed by atoms with Gasteiger partial charge in [0.25, 0.3) is 11.8 Å². The van der Waals surface area contributed by atoms with Crippen LogP contribution in [-0.4, -0.2) is 272 Å². The van der Waals surface area contributed by atoms with E-state index in [1.54, 1.807) is 79.2 Å². The number of rotatable bonds is 45. The van der Waals surface area contributed by atoms with Crippen LogP contribution in [0.15, 0.2) is 97.1 Å². The van der Waals surface area contributed by atoms with E-state index in [1.807, 2.05) is 55.6 Å². The number of halogens is 2. The first-order chi connectivity index (χ1) is 54.0. The van der Waals surface area contributed by atoms with Crippen molar-refractivity contribution >= 4 is 115 Å². The first-order valence-corrected chi connectivity index (χ1v) is 39.7. The number of thiophene rings is 1. The summed E-state index contributed by atoms with van der Waals surface area (Å²) in [5, 5.41) is 55.6. The number of primary amides is 1. The van der Waals surface area contributed by atoms with E-state index in [0.29, 0.717) is 126 Å².